The van der Waals surface area contributed by atoms with Crippen molar-refractivity contribution in [2.24, 2.45) is 0 Å². The molecule has 0 radical (unpaired) electrons. The third kappa shape index (κ3) is 3.38. The maximum atomic E-state index is 13.6. The van der Waals surface area contributed by atoms with Crippen LogP contribution in [0.5, 0.6) is 0 Å². The fraction of sp³-hybridized carbons (Fsp3) is 0.176. The van der Waals surface area contributed by atoms with Gasteiger partial charge in [-0.2, -0.15) is 0 Å². The summed E-state index contributed by atoms with van der Waals surface area (Å²) in [6.45, 7) is 0.511. The van der Waals surface area contributed by atoms with Crippen LogP contribution in [-0.4, -0.2) is 27.0 Å². The zero-order valence-corrected chi connectivity index (χ0v) is 17.2. The quantitative estimate of drug-likeness (QED) is 0.499. The van der Waals surface area contributed by atoms with Crippen molar-refractivity contribution in [1.29, 1.82) is 0 Å². The van der Waals surface area contributed by atoms with Crippen LogP contribution >= 0.6 is 43.5 Å². The van der Waals surface area contributed by atoms with Crippen molar-refractivity contribution >= 4 is 66.2 Å². The van der Waals surface area contributed by atoms with E-state index in [2.05, 4.69) is 36.8 Å². The summed E-state index contributed by atoms with van der Waals surface area (Å²) >= 11 is 12.9. The summed E-state index contributed by atoms with van der Waals surface area (Å²) in [5, 5.41) is 9.20. The highest BCUT2D eigenvalue weighted by atomic mass is 79.9. The molecule has 3 rings (SSSR count). The van der Waals surface area contributed by atoms with Crippen LogP contribution in [0.3, 0.4) is 0 Å². The van der Waals surface area contributed by atoms with Crippen molar-refractivity contribution in [3.05, 3.63) is 55.2 Å². The Hall–Kier alpha value is -1.48. The highest BCUT2D eigenvalue weighted by Gasteiger charge is 2.24. The summed E-state index contributed by atoms with van der Waals surface area (Å²) in [5.74, 6) is -0.725. The molecule has 0 bridgehead atoms. The Labute approximate surface area is 170 Å². The van der Waals surface area contributed by atoms with Gasteiger partial charge in [0.2, 0.25) is 5.95 Å². The molecule has 0 saturated heterocycles. The van der Waals surface area contributed by atoms with Gasteiger partial charge in [0.05, 0.1) is 20.6 Å². The third-order valence-corrected chi connectivity index (χ3v) is 5.63. The summed E-state index contributed by atoms with van der Waals surface area (Å²) in [5.41, 5.74) is 7.51. The van der Waals surface area contributed by atoms with Crippen molar-refractivity contribution in [2.45, 2.75) is 13.0 Å². The van der Waals surface area contributed by atoms with Crippen LogP contribution in [0.15, 0.2) is 33.2 Å². The van der Waals surface area contributed by atoms with Crippen molar-refractivity contribution in [2.75, 3.05) is 12.3 Å². The molecular weight excluding hydrogens is 492 g/mol. The zero-order valence-electron chi connectivity index (χ0n) is 13.3. The van der Waals surface area contributed by atoms with Gasteiger partial charge in [0.15, 0.2) is 5.78 Å². The standard InChI is InChI=1S/C17H13Br2ClFN3O2/c18-10-7-12-15(23-17(22)24(12)4-1-5-25)14(19)13(10)16(26)9-6-8(21)2-3-11(9)20/h2-3,6-7,25H,1,4-5H2,(H2,22,23). The molecule has 0 aliphatic carbocycles. The van der Waals surface area contributed by atoms with Gasteiger partial charge < -0.3 is 15.4 Å². The number of hydrogen-bond donors (Lipinski definition) is 2. The highest BCUT2D eigenvalue weighted by Crippen LogP contribution is 2.37. The zero-order chi connectivity index (χ0) is 19.0. The lowest BCUT2D eigenvalue weighted by Gasteiger charge is -2.10. The molecule has 136 valence electrons. The molecule has 26 heavy (non-hydrogen) atoms. The number of ketones is 1. The number of aryl methyl sites for hydroxylation is 1. The van der Waals surface area contributed by atoms with Gasteiger partial charge in [-0.15, -0.1) is 0 Å². The lowest BCUT2D eigenvalue weighted by atomic mass is 10.0. The average Bonchev–Trinajstić information content (AvgIpc) is 2.91. The summed E-state index contributed by atoms with van der Waals surface area (Å²) < 4.78 is 16.2. The first kappa shape index (κ1) is 19.3. The molecule has 2 aromatic carbocycles. The Morgan fingerprint density at radius 2 is 2.08 bits per heavy atom. The number of imidazole rings is 1. The molecule has 0 amide bonds. The molecule has 3 N–H and O–H groups in total. The summed E-state index contributed by atoms with van der Waals surface area (Å²) in [6, 6.07) is 5.35. The van der Waals surface area contributed by atoms with E-state index in [1.54, 1.807) is 10.6 Å². The summed E-state index contributed by atoms with van der Waals surface area (Å²) in [6.07, 6.45) is 0.518. The Morgan fingerprint density at radius 3 is 2.77 bits per heavy atom. The van der Waals surface area contributed by atoms with E-state index in [-0.39, 0.29) is 28.7 Å². The smallest absolute Gasteiger partial charge is 0.201 e. The van der Waals surface area contributed by atoms with E-state index in [0.29, 0.717) is 32.9 Å². The number of carbonyl (C=O) groups is 1. The van der Waals surface area contributed by atoms with Crippen LogP contribution < -0.4 is 5.73 Å². The Bertz CT molecular complexity index is 1020. The van der Waals surface area contributed by atoms with Crippen LogP contribution in [-0.2, 0) is 6.54 Å². The largest absolute Gasteiger partial charge is 0.396 e. The first-order chi connectivity index (χ1) is 12.3. The minimum Gasteiger partial charge on any atom is -0.396 e. The number of nitrogens with zero attached hydrogens (tertiary/aromatic N) is 2. The summed E-state index contributed by atoms with van der Waals surface area (Å²) in [7, 11) is 0. The Balaban J connectivity index is 2.18. The molecule has 0 unspecified atom stereocenters. The van der Waals surface area contributed by atoms with E-state index in [0.717, 1.165) is 6.07 Å². The number of halogens is 4. The second kappa shape index (κ2) is 7.64. The van der Waals surface area contributed by atoms with E-state index in [4.69, 9.17) is 22.4 Å². The molecule has 3 aromatic rings. The van der Waals surface area contributed by atoms with Gasteiger partial charge in [-0.05, 0) is 62.5 Å². The normalized spacial score (nSPS) is 11.3. The SMILES string of the molecule is Nc1nc2c(Br)c(C(=O)c3cc(F)ccc3Cl)c(Br)cc2n1CCCO. The lowest BCUT2D eigenvalue weighted by Crippen LogP contribution is -2.07. The molecule has 1 heterocycles. The van der Waals surface area contributed by atoms with Crippen molar-refractivity contribution in [1.82, 2.24) is 9.55 Å². The third-order valence-electron chi connectivity index (χ3n) is 3.91. The molecule has 0 aliphatic rings. The number of fused-ring (bicyclic) bond motifs is 1. The van der Waals surface area contributed by atoms with Gasteiger partial charge in [-0.1, -0.05) is 11.6 Å². The predicted molar refractivity (Wildman–Crippen MR) is 106 cm³/mol. The molecule has 0 fully saturated rings. The topological polar surface area (TPSA) is 81.1 Å². The maximum absolute atomic E-state index is 13.6. The van der Waals surface area contributed by atoms with E-state index >= 15 is 0 Å². The van der Waals surface area contributed by atoms with Crippen LogP contribution in [0.25, 0.3) is 11.0 Å². The van der Waals surface area contributed by atoms with Gasteiger partial charge in [0, 0.05) is 23.2 Å². The number of aromatic nitrogens is 2. The van der Waals surface area contributed by atoms with Crippen molar-refractivity contribution < 1.29 is 14.3 Å². The van der Waals surface area contributed by atoms with Gasteiger partial charge in [-0.25, -0.2) is 9.37 Å². The molecule has 1 aromatic heterocycles. The van der Waals surface area contributed by atoms with E-state index in [9.17, 15) is 9.18 Å². The van der Waals surface area contributed by atoms with E-state index < -0.39 is 11.6 Å². The number of aliphatic hydroxyl groups excluding tert-OH is 1. The van der Waals surface area contributed by atoms with Crippen LogP contribution in [0.4, 0.5) is 10.3 Å². The van der Waals surface area contributed by atoms with Gasteiger partial charge in [0.1, 0.15) is 11.3 Å². The fourth-order valence-corrected chi connectivity index (χ4v) is 4.43. The number of aliphatic hydroxyl groups is 1. The van der Waals surface area contributed by atoms with Gasteiger partial charge in [0.25, 0.3) is 0 Å². The molecular formula is C17H13Br2ClFN3O2. The van der Waals surface area contributed by atoms with E-state index in [1.807, 2.05) is 0 Å². The molecule has 0 spiro atoms. The van der Waals surface area contributed by atoms with Crippen LogP contribution in [0.1, 0.15) is 22.3 Å². The van der Waals surface area contributed by atoms with Crippen LogP contribution in [0.2, 0.25) is 5.02 Å². The summed E-state index contributed by atoms with van der Waals surface area (Å²) in [4.78, 5) is 17.3. The first-order valence-corrected chi connectivity index (χ1v) is 9.55. The molecule has 0 saturated carbocycles. The monoisotopic (exact) mass is 503 g/mol. The number of nitrogens with two attached hydrogens (primary N) is 1. The van der Waals surface area contributed by atoms with Gasteiger partial charge >= 0.3 is 0 Å². The minimum absolute atomic E-state index is 0.0239. The Morgan fingerprint density at radius 1 is 1.35 bits per heavy atom. The minimum atomic E-state index is -0.552. The predicted octanol–water partition coefficient (Wildman–Crippen LogP) is 4.55. The molecule has 0 atom stereocenters. The number of nitrogen functional groups attached to an aromatic ring is 1. The number of carbonyl (C=O) groups excluding carboxylic acids is 1. The highest BCUT2D eigenvalue weighted by molar-refractivity contribution is 9.11. The number of hydrogen-bond acceptors (Lipinski definition) is 4. The number of anilines is 1. The van der Waals surface area contributed by atoms with Crippen molar-refractivity contribution in [3.63, 3.8) is 0 Å². The Kier molecular flexibility index (Phi) is 5.67. The average molecular weight is 506 g/mol. The molecule has 5 nitrogen and oxygen atoms in total. The lowest BCUT2D eigenvalue weighted by molar-refractivity contribution is 0.103. The van der Waals surface area contributed by atoms with Crippen LogP contribution in [0, 0.1) is 5.82 Å². The van der Waals surface area contributed by atoms with Gasteiger partial charge in [-0.3, -0.25) is 4.79 Å². The van der Waals surface area contributed by atoms with Crippen molar-refractivity contribution in [3.8, 4) is 0 Å². The second-order valence-electron chi connectivity index (χ2n) is 5.57. The fourth-order valence-electron chi connectivity index (χ4n) is 2.68. The second-order valence-corrected chi connectivity index (χ2v) is 7.62. The van der Waals surface area contributed by atoms with E-state index in [1.165, 1.54) is 12.1 Å². The molecule has 9 heteroatoms. The number of rotatable bonds is 5. The first-order valence-electron chi connectivity index (χ1n) is 7.59. The molecule has 0 aliphatic heterocycles. The maximum Gasteiger partial charge on any atom is 0.201 e. The number of benzene rings is 2.